The molecule has 3 atom stereocenters. The van der Waals surface area contributed by atoms with E-state index in [2.05, 4.69) is 5.32 Å². The van der Waals surface area contributed by atoms with Crippen molar-refractivity contribution in [2.75, 3.05) is 28.4 Å². The Morgan fingerprint density at radius 2 is 1.60 bits per heavy atom. The number of esters is 2. The molecule has 1 aromatic rings. The number of methoxy groups -OCH3 is 4. The zero-order chi connectivity index (χ0) is 26.0. The molecule has 35 heavy (non-hydrogen) atoms. The maximum absolute atomic E-state index is 13.9. The molecule has 1 heterocycles. The largest absolute Gasteiger partial charge is 0.496 e. The number of allylic oxidation sites excluding steroid dienone is 3. The number of dihydropyridines is 1. The van der Waals surface area contributed by atoms with Gasteiger partial charge in [0.1, 0.15) is 11.7 Å². The van der Waals surface area contributed by atoms with Gasteiger partial charge in [0.25, 0.3) is 0 Å². The molecule has 1 aliphatic carbocycles. The van der Waals surface area contributed by atoms with Crippen molar-refractivity contribution in [3.63, 3.8) is 0 Å². The number of carbonyl (C=O) groups is 3. The van der Waals surface area contributed by atoms with Crippen LogP contribution in [0.2, 0.25) is 0 Å². The Hall–Kier alpha value is -3.49. The van der Waals surface area contributed by atoms with Gasteiger partial charge in [0, 0.05) is 28.6 Å². The summed E-state index contributed by atoms with van der Waals surface area (Å²) in [6, 6.07) is 3.33. The number of carbonyl (C=O) groups excluding carboxylic acids is 3. The lowest BCUT2D eigenvalue weighted by atomic mass is 9.69. The van der Waals surface area contributed by atoms with E-state index in [-0.39, 0.29) is 17.6 Å². The van der Waals surface area contributed by atoms with Crippen molar-refractivity contribution in [2.45, 2.75) is 46.1 Å². The highest BCUT2D eigenvalue weighted by molar-refractivity contribution is 6.12. The van der Waals surface area contributed by atoms with Gasteiger partial charge in [-0.15, -0.1) is 0 Å². The van der Waals surface area contributed by atoms with E-state index >= 15 is 0 Å². The Morgan fingerprint density at radius 1 is 1.00 bits per heavy atom. The molecule has 0 bridgehead atoms. The van der Waals surface area contributed by atoms with E-state index in [1.807, 2.05) is 6.92 Å². The summed E-state index contributed by atoms with van der Waals surface area (Å²) in [5.41, 5.74) is 2.30. The van der Waals surface area contributed by atoms with Gasteiger partial charge in [-0.25, -0.2) is 4.79 Å². The van der Waals surface area contributed by atoms with Crippen LogP contribution in [0.1, 0.15) is 45.6 Å². The van der Waals surface area contributed by atoms with E-state index in [9.17, 15) is 14.4 Å². The van der Waals surface area contributed by atoms with Crippen LogP contribution >= 0.6 is 0 Å². The van der Waals surface area contributed by atoms with Crippen LogP contribution in [0.25, 0.3) is 0 Å². The fraction of sp³-hybridized carbons (Fsp3) is 0.500. The first-order valence-electron chi connectivity index (χ1n) is 11.4. The Morgan fingerprint density at radius 3 is 2.14 bits per heavy atom. The van der Waals surface area contributed by atoms with E-state index in [1.54, 1.807) is 32.9 Å². The van der Waals surface area contributed by atoms with Crippen LogP contribution < -0.4 is 19.5 Å². The summed E-state index contributed by atoms with van der Waals surface area (Å²) in [4.78, 5) is 39.8. The molecule has 0 amide bonds. The first-order valence-corrected chi connectivity index (χ1v) is 11.4. The molecule has 9 heteroatoms. The standard InChI is InChI=1S/C26H33NO8/c1-12(2)35-26(30)21-14(4)27-16-9-13(3)20(25(29)34-8)24(28)23(16)22(21)15-10-18(32-6)19(33-7)11-17(15)31-5/h10-13,20,22,27H,9H2,1-8H3/t13-,20+,22-/m0/s1. The Kier molecular flexibility index (Phi) is 7.77. The van der Waals surface area contributed by atoms with Crippen molar-refractivity contribution in [3.05, 3.63) is 40.2 Å². The van der Waals surface area contributed by atoms with E-state index in [1.165, 1.54) is 28.4 Å². The number of ketones is 1. The molecule has 1 N–H and O–H groups in total. The second-order valence-corrected chi connectivity index (χ2v) is 8.94. The number of ether oxygens (including phenoxy) is 5. The molecule has 0 fully saturated rings. The van der Waals surface area contributed by atoms with Crippen LogP contribution in [0.4, 0.5) is 0 Å². The van der Waals surface area contributed by atoms with Crippen LogP contribution in [0, 0.1) is 11.8 Å². The van der Waals surface area contributed by atoms with Crippen molar-refractivity contribution >= 4 is 17.7 Å². The van der Waals surface area contributed by atoms with Gasteiger partial charge in [-0.2, -0.15) is 0 Å². The van der Waals surface area contributed by atoms with Crippen molar-refractivity contribution < 1.29 is 38.1 Å². The van der Waals surface area contributed by atoms with Crippen LogP contribution in [-0.2, 0) is 23.9 Å². The lowest BCUT2D eigenvalue weighted by molar-refractivity contribution is -0.151. The predicted octanol–water partition coefficient (Wildman–Crippen LogP) is 3.28. The monoisotopic (exact) mass is 487 g/mol. The zero-order valence-electron chi connectivity index (χ0n) is 21.4. The second-order valence-electron chi connectivity index (χ2n) is 8.94. The first-order chi connectivity index (χ1) is 16.6. The van der Waals surface area contributed by atoms with Crippen molar-refractivity contribution in [3.8, 4) is 17.2 Å². The van der Waals surface area contributed by atoms with Gasteiger partial charge in [-0.1, -0.05) is 6.92 Å². The molecule has 0 aromatic heterocycles. The van der Waals surface area contributed by atoms with E-state index in [4.69, 9.17) is 23.7 Å². The number of benzene rings is 1. The summed E-state index contributed by atoms with van der Waals surface area (Å²) in [6.07, 6.45) is 0.0487. The zero-order valence-corrected chi connectivity index (χ0v) is 21.4. The molecule has 1 aliphatic heterocycles. The highest BCUT2D eigenvalue weighted by Crippen LogP contribution is 2.49. The average molecular weight is 488 g/mol. The fourth-order valence-electron chi connectivity index (χ4n) is 4.82. The SMILES string of the molecule is COC(=O)[C@H]1C(=O)C2=C(C[C@@H]1C)NC(C)=C(C(=O)OC(C)C)[C@@H]2c1cc(OC)c(OC)cc1OC. The van der Waals surface area contributed by atoms with Crippen LogP contribution in [0.5, 0.6) is 17.2 Å². The minimum atomic E-state index is -0.991. The van der Waals surface area contributed by atoms with Gasteiger partial charge in [-0.3, -0.25) is 9.59 Å². The summed E-state index contributed by atoms with van der Waals surface area (Å²) in [6.45, 7) is 7.10. The molecule has 3 rings (SSSR count). The lowest BCUT2D eigenvalue weighted by Gasteiger charge is -2.38. The smallest absolute Gasteiger partial charge is 0.337 e. The summed E-state index contributed by atoms with van der Waals surface area (Å²) in [5, 5.41) is 3.24. The maximum atomic E-state index is 13.9. The molecule has 0 saturated carbocycles. The van der Waals surface area contributed by atoms with E-state index in [0.29, 0.717) is 46.2 Å². The van der Waals surface area contributed by atoms with Gasteiger partial charge in [-0.05, 0) is 39.2 Å². The summed E-state index contributed by atoms with van der Waals surface area (Å²) in [7, 11) is 5.75. The van der Waals surface area contributed by atoms with Gasteiger partial charge < -0.3 is 29.0 Å². The topological polar surface area (TPSA) is 109 Å². The molecule has 1 aromatic carbocycles. The molecule has 0 spiro atoms. The third-order valence-corrected chi connectivity index (χ3v) is 6.35. The van der Waals surface area contributed by atoms with Gasteiger partial charge >= 0.3 is 11.9 Å². The van der Waals surface area contributed by atoms with Crippen LogP contribution in [-0.4, -0.2) is 52.3 Å². The summed E-state index contributed by atoms with van der Waals surface area (Å²) < 4.78 is 27.1. The van der Waals surface area contributed by atoms with Crippen LogP contribution in [0.15, 0.2) is 34.7 Å². The normalized spacial score (nSPS) is 21.9. The molecule has 0 saturated heterocycles. The highest BCUT2D eigenvalue weighted by atomic mass is 16.5. The van der Waals surface area contributed by atoms with Crippen molar-refractivity contribution in [2.24, 2.45) is 11.8 Å². The van der Waals surface area contributed by atoms with Gasteiger partial charge in [0.15, 0.2) is 17.3 Å². The van der Waals surface area contributed by atoms with E-state index < -0.39 is 29.6 Å². The minimum absolute atomic E-state index is 0.259. The number of hydrogen-bond donors (Lipinski definition) is 1. The van der Waals surface area contributed by atoms with Gasteiger partial charge in [0.05, 0.1) is 46.0 Å². The molecule has 2 aliphatic rings. The molecule has 0 radical (unpaired) electrons. The predicted molar refractivity (Wildman–Crippen MR) is 127 cm³/mol. The minimum Gasteiger partial charge on any atom is -0.496 e. The number of hydrogen-bond acceptors (Lipinski definition) is 9. The maximum Gasteiger partial charge on any atom is 0.337 e. The third kappa shape index (κ3) is 4.72. The molecule has 9 nitrogen and oxygen atoms in total. The Bertz CT molecular complexity index is 1100. The summed E-state index contributed by atoms with van der Waals surface area (Å²) in [5.74, 6) is -2.49. The Balaban J connectivity index is 2.32. The van der Waals surface area contributed by atoms with Crippen molar-refractivity contribution in [1.82, 2.24) is 5.32 Å². The summed E-state index contributed by atoms with van der Waals surface area (Å²) >= 11 is 0. The molecule has 190 valence electrons. The number of rotatable bonds is 7. The highest BCUT2D eigenvalue weighted by Gasteiger charge is 2.48. The quantitative estimate of drug-likeness (QED) is 0.458. The first kappa shape index (κ1) is 26.1. The van der Waals surface area contributed by atoms with Crippen LogP contribution in [0.3, 0.4) is 0 Å². The molecular formula is C26H33NO8. The van der Waals surface area contributed by atoms with Gasteiger partial charge in [0.2, 0.25) is 0 Å². The third-order valence-electron chi connectivity index (χ3n) is 6.35. The van der Waals surface area contributed by atoms with Crippen molar-refractivity contribution in [1.29, 1.82) is 0 Å². The Labute approximate surface area is 205 Å². The molecular weight excluding hydrogens is 454 g/mol. The fourth-order valence-corrected chi connectivity index (χ4v) is 4.82. The average Bonchev–Trinajstić information content (AvgIpc) is 2.81. The van der Waals surface area contributed by atoms with E-state index in [0.717, 1.165) is 0 Å². The number of nitrogens with one attached hydrogen (secondary N) is 1. The molecule has 0 unspecified atom stereocenters. The number of Topliss-reactive ketones (excluding diaryl/α,β-unsaturated/α-hetero) is 1. The lowest BCUT2D eigenvalue weighted by Crippen LogP contribution is -2.43. The second kappa shape index (κ2) is 10.4.